The summed E-state index contributed by atoms with van der Waals surface area (Å²) in [6.07, 6.45) is 2.60. The van der Waals surface area contributed by atoms with E-state index in [0.29, 0.717) is 11.9 Å². The maximum absolute atomic E-state index is 5.73. The van der Waals surface area contributed by atoms with E-state index < -0.39 is 0 Å². The Labute approximate surface area is 78.8 Å². The SMILES string of the molecule is CN=C(N)C1CN2CCCC2CO1. The Morgan fingerprint density at radius 2 is 2.46 bits per heavy atom. The highest BCUT2D eigenvalue weighted by Gasteiger charge is 2.33. The first-order valence-electron chi connectivity index (χ1n) is 4.89. The molecule has 2 heterocycles. The van der Waals surface area contributed by atoms with Crippen molar-refractivity contribution in [2.45, 2.75) is 25.0 Å². The predicted molar refractivity (Wildman–Crippen MR) is 51.9 cm³/mol. The minimum Gasteiger partial charge on any atom is -0.385 e. The fourth-order valence-electron chi connectivity index (χ4n) is 2.14. The number of rotatable bonds is 1. The van der Waals surface area contributed by atoms with E-state index in [4.69, 9.17) is 10.5 Å². The molecule has 0 aromatic heterocycles. The summed E-state index contributed by atoms with van der Waals surface area (Å²) in [6, 6.07) is 0.640. The lowest BCUT2D eigenvalue weighted by atomic mass is 10.2. The summed E-state index contributed by atoms with van der Waals surface area (Å²) >= 11 is 0. The number of nitrogens with two attached hydrogens (primary N) is 1. The topological polar surface area (TPSA) is 50.8 Å². The second kappa shape index (κ2) is 3.64. The Balaban J connectivity index is 1.97. The number of hydrogen-bond acceptors (Lipinski definition) is 3. The monoisotopic (exact) mass is 183 g/mol. The van der Waals surface area contributed by atoms with Crippen molar-refractivity contribution in [3.8, 4) is 0 Å². The molecule has 2 saturated heterocycles. The number of fused-ring (bicyclic) bond motifs is 1. The van der Waals surface area contributed by atoms with E-state index in [0.717, 1.165) is 13.2 Å². The molecule has 0 bridgehead atoms. The molecule has 0 spiro atoms. The summed E-state index contributed by atoms with van der Waals surface area (Å²) in [7, 11) is 1.72. The third-order valence-corrected chi connectivity index (χ3v) is 2.98. The van der Waals surface area contributed by atoms with Crippen LogP contribution in [0.2, 0.25) is 0 Å². The van der Waals surface area contributed by atoms with Gasteiger partial charge >= 0.3 is 0 Å². The van der Waals surface area contributed by atoms with Crippen LogP contribution in [-0.2, 0) is 4.74 Å². The molecule has 0 amide bonds. The third kappa shape index (κ3) is 1.69. The van der Waals surface area contributed by atoms with Crippen LogP contribution in [0.4, 0.5) is 0 Å². The molecule has 2 rings (SSSR count). The zero-order valence-electron chi connectivity index (χ0n) is 8.07. The van der Waals surface area contributed by atoms with Crippen LogP contribution < -0.4 is 5.73 Å². The van der Waals surface area contributed by atoms with Crippen LogP contribution >= 0.6 is 0 Å². The molecule has 2 aliphatic rings. The maximum atomic E-state index is 5.73. The van der Waals surface area contributed by atoms with Gasteiger partial charge in [-0.1, -0.05) is 0 Å². The lowest BCUT2D eigenvalue weighted by molar-refractivity contribution is -0.0166. The number of morpholine rings is 1. The quantitative estimate of drug-likeness (QED) is 0.454. The fraction of sp³-hybridized carbons (Fsp3) is 0.889. The molecule has 4 heteroatoms. The average molecular weight is 183 g/mol. The molecule has 74 valence electrons. The Bertz CT molecular complexity index is 217. The second-order valence-electron chi connectivity index (χ2n) is 3.76. The summed E-state index contributed by atoms with van der Waals surface area (Å²) in [5, 5.41) is 0. The third-order valence-electron chi connectivity index (χ3n) is 2.98. The Kier molecular flexibility index (Phi) is 2.51. The molecule has 2 aliphatic heterocycles. The second-order valence-corrected chi connectivity index (χ2v) is 3.76. The number of ether oxygens (including phenoxy) is 1. The standard InChI is InChI=1S/C9H17N3O/c1-11-9(10)8-5-12-4-2-3-7(12)6-13-8/h7-8H,2-6H2,1H3,(H2,10,11). The van der Waals surface area contributed by atoms with E-state index in [2.05, 4.69) is 9.89 Å². The summed E-state index contributed by atoms with van der Waals surface area (Å²) in [5.41, 5.74) is 5.73. The Morgan fingerprint density at radius 1 is 1.62 bits per heavy atom. The van der Waals surface area contributed by atoms with E-state index in [1.165, 1.54) is 19.4 Å². The Hall–Kier alpha value is -0.610. The van der Waals surface area contributed by atoms with Gasteiger partial charge < -0.3 is 10.5 Å². The van der Waals surface area contributed by atoms with Gasteiger partial charge in [0.05, 0.1) is 6.61 Å². The smallest absolute Gasteiger partial charge is 0.127 e. The average Bonchev–Trinajstić information content (AvgIpc) is 2.63. The van der Waals surface area contributed by atoms with Crippen molar-refractivity contribution in [2.75, 3.05) is 26.7 Å². The van der Waals surface area contributed by atoms with Crippen LogP contribution in [0.5, 0.6) is 0 Å². The van der Waals surface area contributed by atoms with Crippen molar-refractivity contribution < 1.29 is 4.74 Å². The van der Waals surface area contributed by atoms with Crippen LogP contribution in [0, 0.1) is 0 Å². The van der Waals surface area contributed by atoms with Crippen molar-refractivity contribution in [3.05, 3.63) is 0 Å². The number of amidine groups is 1. The van der Waals surface area contributed by atoms with Gasteiger partial charge in [-0.05, 0) is 19.4 Å². The van der Waals surface area contributed by atoms with E-state index in [1.54, 1.807) is 7.05 Å². The van der Waals surface area contributed by atoms with Gasteiger partial charge in [-0.25, -0.2) is 0 Å². The number of aliphatic imine (C=N–C) groups is 1. The molecule has 13 heavy (non-hydrogen) atoms. The molecule has 2 fully saturated rings. The molecule has 0 radical (unpaired) electrons. The van der Waals surface area contributed by atoms with Crippen LogP contribution in [0.25, 0.3) is 0 Å². The first-order chi connectivity index (χ1) is 6.31. The van der Waals surface area contributed by atoms with Gasteiger partial charge in [0.15, 0.2) is 0 Å². The lowest BCUT2D eigenvalue weighted by Crippen LogP contribution is -2.50. The van der Waals surface area contributed by atoms with Gasteiger partial charge in [-0.2, -0.15) is 0 Å². The van der Waals surface area contributed by atoms with E-state index in [-0.39, 0.29) is 6.10 Å². The minimum atomic E-state index is 0.0272. The van der Waals surface area contributed by atoms with E-state index in [9.17, 15) is 0 Å². The van der Waals surface area contributed by atoms with Crippen LogP contribution in [0.3, 0.4) is 0 Å². The highest BCUT2D eigenvalue weighted by Crippen LogP contribution is 2.22. The maximum Gasteiger partial charge on any atom is 0.127 e. The van der Waals surface area contributed by atoms with Gasteiger partial charge in [0.2, 0.25) is 0 Å². The molecular weight excluding hydrogens is 166 g/mol. The van der Waals surface area contributed by atoms with Crippen LogP contribution in [-0.4, -0.2) is 49.6 Å². The molecule has 0 aromatic rings. The lowest BCUT2D eigenvalue weighted by Gasteiger charge is -2.34. The zero-order valence-corrected chi connectivity index (χ0v) is 8.07. The van der Waals surface area contributed by atoms with Gasteiger partial charge in [-0.3, -0.25) is 9.89 Å². The van der Waals surface area contributed by atoms with Gasteiger partial charge in [0, 0.05) is 19.6 Å². The molecule has 2 unspecified atom stereocenters. The summed E-state index contributed by atoms with van der Waals surface area (Å²) < 4.78 is 5.65. The largest absolute Gasteiger partial charge is 0.385 e. The molecule has 0 aliphatic carbocycles. The first-order valence-corrected chi connectivity index (χ1v) is 4.89. The predicted octanol–water partition coefficient (Wildman–Crippen LogP) is -0.163. The molecule has 2 atom stereocenters. The molecule has 2 N–H and O–H groups in total. The van der Waals surface area contributed by atoms with E-state index in [1.807, 2.05) is 0 Å². The number of hydrogen-bond donors (Lipinski definition) is 1. The normalized spacial score (nSPS) is 36.2. The van der Waals surface area contributed by atoms with Gasteiger partial charge in [0.25, 0.3) is 0 Å². The van der Waals surface area contributed by atoms with Gasteiger partial charge in [-0.15, -0.1) is 0 Å². The van der Waals surface area contributed by atoms with Crippen molar-refractivity contribution in [3.63, 3.8) is 0 Å². The molecule has 0 saturated carbocycles. The fourth-order valence-corrected chi connectivity index (χ4v) is 2.14. The summed E-state index contributed by atoms with van der Waals surface area (Å²) in [5.74, 6) is 0.630. The van der Waals surface area contributed by atoms with E-state index >= 15 is 0 Å². The molecule has 0 aromatic carbocycles. The zero-order chi connectivity index (χ0) is 9.26. The minimum absolute atomic E-state index is 0.0272. The molecule has 4 nitrogen and oxygen atoms in total. The van der Waals surface area contributed by atoms with Gasteiger partial charge in [0.1, 0.15) is 11.9 Å². The Morgan fingerprint density at radius 3 is 3.23 bits per heavy atom. The summed E-state index contributed by atoms with van der Waals surface area (Å²) in [4.78, 5) is 6.43. The summed E-state index contributed by atoms with van der Waals surface area (Å²) in [6.45, 7) is 2.94. The first kappa shape index (κ1) is 8.97. The highest BCUT2D eigenvalue weighted by atomic mass is 16.5. The van der Waals surface area contributed by atoms with Crippen LogP contribution in [0.15, 0.2) is 4.99 Å². The highest BCUT2D eigenvalue weighted by molar-refractivity contribution is 5.85. The van der Waals surface area contributed by atoms with Crippen molar-refractivity contribution in [1.29, 1.82) is 0 Å². The van der Waals surface area contributed by atoms with Crippen LogP contribution in [0.1, 0.15) is 12.8 Å². The van der Waals surface area contributed by atoms with Crippen molar-refractivity contribution >= 4 is 5.84 Å². The molecular formula is C9H17N3O. The van der Waals surface area contributed by atoms with Crippen molar-refractivity contribution in [2.24, 2.45) is 10.7 Å². The number of nitrogens with zero attached hydrogens (tertiary/aromatic N) is 2. The van der Waals surface area contributed by atoms with Crippen molar-refractivity contribution in [1.82, 2.24) is 4.90 Å².